The number of nitrogens with zero attached hydrogens (tertiary/aromatic N) is 2. The molecule has 2 aromatic carbocycles. The van der Waals surface area contributed by atoms with Crippen LogP contribution in [-0.2, 0) is 4.74 Å². The van der Waals surface area contributed by atoms with Gasteiger partial charge in [-0.2, -0.15) is 0 Å². The Kier molecular flexibility index (Phi) is 7.16. The van der Waals surface area contributed by atoms with Gasteiger partial charge in [-0.05, 0) is 64.2 Å². The molecule has 0 N–H and O–H groups in total. The van der Waals surface area contributed by atoms with E-state index in [9.17, 15) is 4.79 Å². The highest BCUT2D eigenvalue weighted by molar-refractivity contribution is 6.07. The number of rotatable bonds is 9. The van der Waals surface area contributed by atoms with Crippen LogP contribution in [0, 0.1) is 13.8 Å². The standard InChI is InChI=1S/C25H32N2O3/c1-6-26(7-2)15-16-30-21-13-14-23-22(17-21)24(25(28)29-8-3)19(5)27(23)20-11-9-18(4)10-12-20/h9-14,17H,6-8,15-16H2,1-5H3. The minimum absolute atomic E-state index is 0.300. The molecule has 1 aromatic heterocycles. The number of ether oxygens (including phenoxy) is 2. The lowest BCUT2D eigenvalue weighted by Crippen LogP contribution is -2.27. The summed E-state index contributed by atoms with van der Waals surface area (Å²) in [4.78, 5) is 15.1. The quantitative estimate of drug-likeness (QED) is 0.460. The summed E-state index contributed by atoms with van der Waals surface area (Å²) in [6.07, 6.45) is 0. The molecular weight excluding hydrogens is 376 g/mol. The maximum absolute atomic E-state index is 12.8. The molecule has 0 saturated carbocycles. The predicted molar refractivity (Wildman–Crippen MR) is 122 cm³/mol. The van der Waals surface area contributed by atoms with Crippen LogP contribution >= 0.6 is 0 Å². The number of esters is 1. The zero-order valence-electron chi connectivity index (χ0n) is 18.7. The van der Waals surface area contributed by atoms with E-state index in [0.29, 0.717) is 18.8 Å². The van der Waals surface area contributed by atoms with Gasteiger partial charge in [-0.1, -0.05) is 31.5 Å². The highest BCUT2D eigenvalue weighted by atomic mass is 16.5. The average molecular weight is 409 g/mol. The molecule has 0 aliphatic carbocycles. The third kappa shape index (κ3) is 4.51. The molecule has 1 heterocycles. The molecule has 0 aliphatic heterocycles. The van der Waals surface area contributed by atoms with Crippen LogP contribution in [0.15, 0.2) is 42.5 Å². The summed E-state index contributed by atoms with van der Waals surface area (Å²) in [7, 11) is 0. The van der Waals surface area contributed by atoms with Crippen LogP contribution in [0.2, 0.25) is 0 Å². The van der Waals surface area contributed by atoms with Crippen molar-refractivity contribution in [3.63, 3.8) is 0 Å². The van der Waals surface area contributed by atoms with Gasteiger partial charge in [-0.3, -0.25) is 0 Å². The summed E-state index contributed by atoms with van der Waals surface area (Å²) < 4.78 is 13.5. The summed E-state index contributed by atoms with van der Waals surface area (Å²) in [5.74, 6) is 0.465. The Morgan fingerprint density at radius 1 is 1.00 bits per heavy atom. The second-order valence-corrected chi connectivity index (χ2v) is 7.41. The van der Waals surface area contributed by atoms with Gasteiger partial charge in [-0.25, -0.2) is 4.79 Å². The van der Waals surface area contributed by atoms with Crippen LogP contribution in [0.3, 0.4) is 0 Å². The fourth-order valence-corrected chi connectivity index (χ4v) is 3.81. The van der Waals surface area contributed by atoms with Gasteiger partial charge >= 0.3 is 5.97 Å². The maximum Gasteiger partial charge on any atom is 0.340 e. The third-order valence-corrected chi connectivity index (χ3v) is 5.52. The number of hydrogen-bond acceptors (Lipinski definition) is 4. The molecule has 0 aliphatic rings. The number of fused-ring (bicyclic) bond motifs is 1. The lowest BCUT2D eigenvalue weighted by Gasteiger charge is -2.18. The molecule has 3 rings (SSSR count). The zero-order valence-corrected chi connectivity index (χ0v) is 18.7. The number of aryl methyl sites for hydroxylation is 1. The summed E-state index contributed by atoms with van der Waals surface area (Å²) in [5.41, 5.74) is 4.65. The van der Waals surface area contributed by atoms with E-state index in [1.54, 1.807) is 0 Å². The van der Waals surface area contributed by atoms with Crippen molar-refractivity contribution in [2.75, 3.05) is 32.8 Å². The molecule has 5 heteroatoms. The largest absolute Gasteiger partial charge is 0.492 e. The molecule has 160 valence electrons. The molecule has 0 amide bonds. The summed E-state index contributed by atoms with van der Waals surface area (Å²) in [6, 6.07) is 14.3. The first-order valence-electron chi connectivity index (χ1n) is 10.7. The zero-order chi connectivity index (χ0) is 21.7. The summed E-state index contributed by atoms with van der Waals surface area (Å²) in [6.45, 7) is 14.0. The van der Waals surface area contributed by atoms with Crippen molar-refractivity contribution in [2.45, 2.75) is 34.6 Å². The van der Waals surface area contributed by atoms with Gasteiger partial charge in [-0.15, -0.1) is 0 Å². The van der Waals surface area contributed by atoms with Crippen molar-refractivity contribution >= 4 is 16.9 Å². The molecule has 0 fully saturated rings. The van der Waals surface area contributed by atoms with Crippen LogP contribution in [0.5, 0.6) is 5.75 Å². The maximum atomic E-state index is 12.8. The molecule has 30 heavy (non-hydrogen) atoms. The molecule has 0 unspecified atom stereocenters. The van der Waals surface area contributed by atoms with E-state index >= 15 is 0 Å². The lowest BCUT2D eigenvalue weighted by molar-refractivity contribution is 0.0527. The molecule has 0 bridgehead atoms. The molecular formula is C25H32N2O3. The smallest absolute Gasteiger partial charge is 0.340 e. The summed E-state index contributed by atoms with van der Waals surface area (Å²) >= 11 is 0. The number of carbonyl (C=O) groups is 1. The fourth-order valence-electron chi connectivity index (χ4n) is 3.81. The van der Waals surface area contributed by atoms with Gasteiger partial charge in [0.15, 0.2) is 0 Å². The Hall–Kier alpha value is -2.79. The topological polar surface area (TPSA) is 43.7 Å². The van der Waals surface area contributed by atoms with Crippen LogP contribution in [0.4, 0.5) is 0 Å². The second kappa shape index (κ2) is 9.81. The second-order valence-electron chi connectivity index (χ2n) is 7.41. The van der Waals surface area contributed by atoms with Gasteiger partial charge < -0.3 is 18.9 Å². The molecule has 0 spiro atoms. The summed E-state index contributed by atoms with van der Waals surface area (Å²) in [5, 5.41) is 0.854. The molecule has 0 radical (unpaired) electrons. The monoisotopic (exact) mass is 408 g/mol. The first-order chi connectivity index (χ1) is 14.5. The van der Waals surface area contributed by atoms with Crippen LogP contribution in [-0.4, -0.2) is 48.3 Å². The highest BCUT2D eigenvalue weighted by Crippen LogP contribution is 2.32. The number of likely N-dealkylation sites (N-methyl/N-ethyl adjacent to an activating group) is 1. The average Bonchev–Trinajstić information content (AvgIpc) is 3.03. The van der Waals surface area contributed by atoms with Crippen LogP contribution in [0.25, 0.3) is 16.6 Å². The van der Waals surface area contributed by atoms with E-state index in [-0.39, 0.29) is 5.97 Å². The third-order valence-electron chi connectivity index (χ3n) is 5.52. The highest BCUT2D eigenvalue weighted by Gasteiger charge is 2.22. The van der Waals surface area contributed by atoms with Crippen molar-refractivity contribution in [2.24, 2.45) is 0 Å². The van der Waals surface area contributed by atoms with E-state index in [0.717, 1.165) is 47.7 Å². The Morgan fingerprint density at radius 3 is 2.33 bits per heavy atom. The molecule has 3 aromatic rings. The van der Waals surface area contributed by atoms with Gasteiger partial charge in [0.25, 0.3) is 0 Å². The normalized spacial score (nSPS) is 11.3. The number of carbonyl (C=O) groups excluding carboxylic acids is 1. The van der Waals surface area contributed by atoms with E-state index in [4.69, 9.17) is 9.47 Å². The van der Waals surface area contributed by atoms with Gasteiger partial charge in [0.2, 0.25) is 0 Å². The first kappa shape index (κ1) is 21.9. The van der Waals surface area contributed by atoms with E-state index in [2.05, 4.69) is 54.5 Å². The fraction of sp³-hybridized carbons (Fsp3) is 0.400. The van der Waals surface area contributed by atoms with Crippen molar-refractivity contribution in [3.05, 3.63) is 59.3 Å². The van der Waals surface area contributed by atoms with E-state index in [1.165, 1.54) is 5.56 Å². The number of hydrogen-bond donors (Lipinski definition) is 0. The van der Waals surface area contributed by atoms with Gasteiger partial charge in [0.05, 0.1) is 17.7 Å². The number of benzene rings is 2. The first-order valence-corrected chi connectivity index (χ1v) is 10.7. The van der Waals surface area contributed by atoms with Crippen LogP contribution in [0.1, 0.15) is 42.4 Å². The van der Waals surface area contributed by atoms with Crippen molar-refractivity contribution in [1.82, 2.24) is 9.47 Å². The van der Waals surface area contributed by atoms with Gasteiger partial charge in [0, 0.05) is 23.3 Å². The van der Waals surface area contributed by atoms with Crippen molar-refractivity contribution < 1.29 is 14.3 Å². The van der Waals surface area contributed by atoms with E-state index in [1.807, 2.05) is 32.0 Å². The predicted octanol–water partition coefficient (Wildman–Crippen LogP) is 5.14. The van der Waals surface area contributed by atoms with Gasteiger partial charge in [0.1, 0.15) is 12.4 Å². The Bertz CT molecular complexity index is 1000. The van der Waals surface area contributed by atoms with E-state index < -0.39 is 0 Å². The Labute approximate surface area is 179 Å². The van der Waals surface area contributed by atoms with Crippen molar-refractivity contribution in [1.29, 1.82) is 0 Å². The van der Waals surface area contributed by atoms with Crippen molar-refractivity contribution in [3.8, 4) is 11.4 Å². The lowest BCUT2D eigenvalue weighted by atomic mass is 10.1. The minimum Gasteiger partial charge on any atom is -0.492 e. The Balaban J connectivity index is 2.02. The molecule has 0 atom stereocenters. The Morgan fingerprint density at radius 2 is 1.70 bits per heavy atom. The van der Waals surface area contributed by atoms with Crippen LogP contribution < -0.4 is 4.74 Å². The minimum atomic E-state index is -0.300. The molecule has 5 nitrogen and oxygen atoms in total. The molecule has 0 saturated heterocycles. The number of aromatic nitrogens is 1. The SMILES string of the molecule is CCOC(=O)c1c(C)n(-c2ccc(C)cc2)c2ccc(OCCN(CC)CC)cc12.